The number of hydrogen-bond acceptors (Lipinski definition) is 6. The summed E-state index contributed by atoms with van der Waals surface area (Å²) in [4.78, 5) is 43.6. The van der Waals surface area contributed by atoms with Crippen molar-refractivity contribution in [3.05, 3.63) is 100 Å². The predicted octanol–water partition coefficient (Wildman–Crippen LogP) is 3.50. The second-order valence-corrected chi connectivity index (χ2v) is 9.04. The van der Waals surface area contributed by atoms with Crippen LogP contribution in [0.3, 0.4) is 0 Å². The van der Waals surface area contributed by atoms with Crippen molar-refractivity contribution in [1.82, 2.24) is 9.58 Å². The number of piperazine rings is 1. The summed E-state index contributed by atoms with van der Waals surface area (Å²) in [6, 6.07) is 18.0. The van der Waals surface area contributed by atoms with Gasteiger partial charge in [0.05, 0.1) is 25.5 Å². The topological polar surface area (TPSA) is 93.1 Å². The molecule has 200 valence electrons. The Bertz CT molecular complexity index is 1590. The van der Waals surface area contributed by atoms with Gasteiger partial charge in [0.1, 0.15) is 17.3 Å². The van der Waals surface area contributed by atoms with Gasteiger partial charge in [-0.15, -0.1) is 0 Å². The first-order chi connectivity index (χ1) is 18.9. The maximum atomic E-state index is 14.3. The number of methoxy groups -OCH3 is 2. The van der Waals surface area contributed by atoms with Gasteiger partial charge in [-0.05, 0) is 30.3 Å². The quantitative estimate of drug-likeness (QED) is 0.410. The van der Waals surface area contributed by atoms with E-state index in [2.05, 4.69) is 5.43 Å². The number of hydrogen-bond donors (Lipinski definition) is 1. The van der Waals surface area contributed by atoms with E-state index < -0.39 is 11.5 Å². The van der Waals surface area contributed by atoms with Gasteiger partial charge in [0.25, 0.3) is 17.4 Å². The number of rotatable bonds is 6. The first kappa shape index (κ1) is 25.8. The predicted molar refractivity (Wildman–Crippen MR) is 146 cm³/mol. The van der Waals surface area contributed by atoms with E-state index >= 15 is 0 Å². The average molecular weight is 531 g/mol. The third-order valence-corrected chi connectivity index (χ3v) is 6.75. The van der Waals surface area contributed by atoms with Gasteiger partial charge in [0.2, 0.25) is 0 Å². The monoisotopic (exact) mass is 530 g/mol. The lowest BCUT2D eigenvalue weighted by molar-refractivity contribution is 0.0747. The highest BCUT2D eigenvalue weighted by Gasteiger charge is 2.26. The number of anilines is 1. The number of nitrogens with zero attached hydrogens (tertiary/aromatic N) is 3. The Kier molecular flexibility index (Phi) is 7.18. The van der Waals surface area contributed by atoms with E-state index in [9.17, 15) is 18.8 Å². The third-order valence-electron chi connectivity index (χ3n) is 6.75. The molecule has 3 aromatic carbocycles. The van der Waals surface area contributed by atoms with Gasteiger partial charge < -0.3 is 19.3 Å². The molecule has 2 amide bonds. The van der Waals surface area contributed by atoms with Gasteiger partial charge in [-0.2, -0.15) is 0 Å². The van der Waals surface area contributed by atoms with Crippen LogP contribution < -0.4 is 25.4 Å². The minimum atomic E-state index is -0.582. The lowest BCUT2D eigenvalue weighted by Gasteiger charge is -2.36. The molecule has 4 aromatic rings. The van der Waals surface area contributed by atoms with Crippen LogP contribution in [0.5, 0.6) is 11.5 Å². The number of benzene rings is 3. The Morgan fingerprint density at radius 1 is 0.846 bits per heavy atom. The van der Waals surface area contributed by atoms with E-state index in [0.29, 0.717) is 48.8 Å². The molecule has 0 saturated carbocycles. The molecule has 0 aliphatic carbocycles. The lowest BCUT2D eigenvalue weighted by atomic mass is 10.1. The van der Waals surface area contributed by atoms with Crippen LogP contribution in [-0.4, -0.2) is 61.8 Å². The largest absolute Gasteiger partial charge is 0.497 e. The smallest absolute Gasteiger partial charge is 0.277 e. The highest BCUT2D eigenvalue weighted by Crippen LogP contribution is 2.24. The van der Waals surface area contributed by atoms with Gasteiger partial charge >= 0.3 is 0 Å². The van der Waals surface area contributed by atoms with Crippen molar-refractivity contribution in [2.24, 2.45) is 0 Å². The summed E-state index contributed by atoms with van der Waals surface area (Å²) in [6.07, 6.45) is 1.35. The number of para-hydroxylation sites is 1. The molecule has 0 spiro atoms. The minimum absolute atomic E-state index is 0.211. The molecule has 5 rings (SSSR count). The number of pyridine rings is 1. The summed E-state index contributed by atoms with van der Waals surface area (Å²) in [7, 11) is 2.94. The molecule has 1 fully saturated rings. The van der Waals surface area contributed by atoms with Crippen LogP contribution in [-0.2, 0) is 0 Å². The Labute approximate surface area is 223 Å². The van der Waals surface area contributed by atoms with E-state index in [4.69, 9.17) is 9.47 Å². The van der Waals surface area contributed by atoms with Crippen molar-refractivity contribution in [2.45, 2.75) is 0 Å². The fourth-order valence-corrected chi connectivity index (χ4v) is 4.69. The highest BCUT2D eigenvalue weighted by molar-refractivity contribution is 6.07. The zero-order valence-corrected chi connectivity index (χ0v) is 21.5. The van der Waals surface area contributed by atoms with Gasteiger partial charge in [-0.3, -0.25) is 19.8 Å². The van der Waals surface area contributed by atoms with Crippen molar-refractivity contribution in [1.29, 1.82) is 0 Å². The highest BCUT2D eigenvalue weighted by atomic mass is 19.1. The zero-order chi connectivity index (χ0) is 27.5. The molecule has 0 atom stereocenters. The minimum Gasteiger partial charge on any atom is -0.497 e. The van der Waals surface area contributed by atoms with Crippen molar-refractivity contribution < 1.29 is 23.5 Å². The lowest BCUT2D eigenvalue weighted by Crippen LogP contribution is -2.49. The normalized spacial score (nSPS) is 13.3. The van der Waals surface area contributed by atoms with Crippen LogP contribution in [0.4, 0.5) is 10.1 Å². The van der Waals surface area contributed by atoms with E-state index in [1.54, 1.807) is 53.4 Å². The summed E-state index contributed by atoms with van der Waals surface area (Å²) >= 11 is 0. The number of ether oxygens (including phenoxy) is 2. The van der Waals surface area contributed by atoms with Gasteiger partial charge in [0, 0.05) is 54.8 Å². The fraction of sp³-hybridized carbons (Fsp3) is 0.207. The Hall–Kier alpha value is -4.86. The second kappa shape index (κ2) is 10.9. The van der Waals surface area contributed by atoms with E-state index in [1.807, 2.05) is 4.90 Å². The summed E-state index contributed by atoms with van der Waals surface area (Å²) in [6.45, 7) is 1.66. The van der Waals surface area contributed by atoms with Gasteiger partial charge in [0.15, 0.2) is 0 Å². The third kappa shape index (κ3) is 5.13. The van der Waals surface area contributed by atoms with Crippen LogP contribution in [0.25, 0.3) is 10.8 Å². The van der Waals surface area contributed by atoms with Crippen LogP contribution >= 0.6 is 0 Å². The molecule has 39 heavy (non-hydrogen) atoms. The molecule has 1 aliphatic rings. The first-order valence-corrected chi connectivity index (χ1v) is 12.4. The number of amides is 2. The number of halogens is 1. The number of fused-ring (bicyclic) bond motifs is 1. The Morgan fingerprint density at radius 3 is 2.10 bits per heavy atom. The number of carbonyl (C=O) groups is 2. The molecule has 0 radical (unpaired) electrons. The molecule has 1 saturated heterocycles. The van der Waals surface area contributed by atoms with Crippen LogP contribution in [0.2, 0.25) is 0 Å². The molecular weight excluding hydrogens is 503 g/mol. The molecule has 9 nitrogen and oxygen atoms in total. The van der Waals surface area contributed by atoms with E-state index in [-0.39, 0.29) is 28.2 Å². The standard InChI is InChI=1S/C29H27FN4O5/c1-38-20-15-19(16-21(17-20)39-2)27(35)31-34-18-24(22-7-3-4-8-23(22)29(34)37)28(36)33-13-11-32(12-14-33)26-10-6-5-9-25(26)30/h3-10,15-18H,11-14H2,1-2H3,(H,31,35). The van der Waals surface area contributed by atoms with E-state index in [1.165, 1.54) is 38.6 Å². The summed E-state index contributed by atoms with van der Waals surface area (Å²) in [5.74, 6) is -0.349. The maximum Gasteiger partial charge on any atom is 0.277 e. The zero-order valence-electron chi connectivity index (χ0n) is 21.5. The Morgan fingerprint density at radius 2 is 1.46 bits per heavy atom. The molecule has 2 heterocycles. The van der Waals surface area contributed by atoms with Crippen molar-refractivity contribution in [2.75, 3.05) is 50.7 Å². The molecule has 10 heteroatoms. The number of carbonyl (C=O) groups excluding carboxylic acids is 2. The average Bonchev–Trinajstić information content (AvgIpc) is 2.98. The molecule has 1 aromatic heterocycles. The fourth-order valence-electron chi connectivity index (χ4n) is 4.69. The Balaban J connectivity index is 1.43. The molecule has 1 aliphatic heterocycles. The van der Waals surface area contributed by atoms with Crippen LogP contribution in [0, 0.1) is 5.82 Å². The van der Waals surface area contributed by atoms with Crippen molar-refractivity contribution >= 4 is 28.3 Å². The van der Waals surface area contributed by atoms with Crippen LogP contribution in [0.15, 0.2) is 77.7 Å². The number of nitrogens with one attached hydrogen (secondary N) is 1. The van der Waals surface area contributed by atoms with E-state index in [0.717, 1.165) is 4.68 Å². The molecule has 0 unspecified atom stereocenters. The van der Waals surface area contributed by atoms with Crippen molar-refractivity contribution in [3.63, 3.8) is 0 Å². The van der Waals surface area contributed by atoms with Crippen molar-refractivity contribution in [3.8, 4) is 11.5 Å². The summed E-state index contributed by atoms with van der Waals surface area (Å²) in [5.41, 5.74) is 3.09. The molecular formula is C29H27FN4O5. The van der Waals surface area contributed by atoms with Crippen LogP contribution in [0.1, 0.15) is 20.7 Å². The number of aromatic nitrogens is 1. The summed E-state index contributed by atoms with van der Waals surface area (Å²) in [5, 5.41) is 0.773. The summed E-state index contributed by atoms with van der Waals surface area (Å²) < 4.78 is 25.8. The second-order valence-electron chi connectivity index (χ2n) is 9.04. The van der Waals surface area contributed by atoms with Gasteiger partial charge in [-0.25, -0.2) is 9.07 Å². The molecule has 1 N–H and O–H groups in total. The van der Waals surface area contributed by atoms with Gasteiger partial charge in [-0.1, -0.05) is 30.3 Å². The SMILES string of the molecule is COc1cc(OC)cc(C(=O)Nn2cc(C(=O)N3CCN(c4ccccc4F)CC3)c3ccccc3c2=O)c1. The first-order valence-electron chi connectivity index (χ1n) is 12.4. The maximum absolute atomic E-state index is 14.3. The molecule has 0 bridgehead atoms.